The first-order valence-electron chi connectivity index (χ1n) is 9.80. The smallest absolute Gasteiger partial charge is 0.264 e. The van der Waals surface area contributed by atoms with Gasteiger partial charge >= 0.3 is 0 Å². The number of halogens is 1. The van der Waals surface area contributed by atoms with Gasteiger partial charge in [-0.2, -0.15) is 0 Å². The first kappa shape index (κ1) is 21.6. The van der Waals surface area contributed by atoms with E-state index in [9.17, 15) is 4.79 Å². The Hall–Kier alpha value is -2.58. The summed E-state index contributed by atoms with van der Waals surface area (Å²) in [4.78, 5) is 17.6. The van der Waals surface area contributed by atoms with Gasteiger partial charge in [-0.05, 0) is 113 Å². The van der Waals surface area contributed by atoms with E-state index in [4.69, 9.17) is 4.74 Å². The van der Waals surface area contributed by atoms with Gasteiger partial charge in [-0.3, -0.25) is 4.79 Å². The quantitative estimate of drug-likeness (QED) is 0.302. The van der Waals surface area contributed by atoms with Crippen LogP contribution in [-0.4, -0.2) is 11.1 Å². The predicted octanol–water partition coefficient (Wildman–Crippen LogP) is 6.38. The first-order valence-corrected chi connectivity index (χ1v) is 11.7. The second kappa shape index (κ2) is 9.70. The van der Waals surface area contributed by atoms with Gasteiger partial charge in [0.05, 0.1) is 10.6 Å². The largest absolute Gasteiger partial charge is 0.489 e. The molecule has 0 bridgehead atoms. The summed E-state index contributed by atoms with van der Waals surface area (Å²) in [6.07, 6.45) is 1.87. The van der Waals surface area contributed by atoms with Gasteiger partial charge in [0.25, 0.3) is 5.91 Å². The van der Waals surface area contributed by atoms with E-state index in [1.54, 1.807) is 0 Å². The summed E-state index contributed by atoms with van der Waals surface area (Å²) in [6, 6.07) is 22.1. The lowest BCUT2D eigenvalue weighted by molar-refractivity contribution is -0.115. The van der Waals surface area contributed by atoms with E-state index >= 15 is 0 Å². The van der Waals surface area contributed by atoms with Crippen LogP contribution in [0.15, 0.2) is 76.6 Å². The van der Waals surface area contributed by atoms with E-state index in [1.807, 2.05) is 56.3 Å². The number of ether oxygens (including phenoxy) is 1. The molecule has 1 N–H and O–H groups in total. The van der Waals surface area contributed by atoms with Crippen molar-refractivity contribution in [3.05, 3.63) is 97.5 Å². The summed E-state index contributed by atoms with van der Waals surface area (Å²) in [7, 11) is 0. The average Bonchev–Trinajstić information content (AvgIpc) is 3.06. The third-order valence-corrected chi connectivity index (χ3v) is 6.21. The van der Waals surface area contributed by atoms with Crippen molar-refractivity contribution in [2.75, 3.05) is 0 Å². The molecule has 31 heavy (non-hydrogen) atoms. The van der Waals surface area contributed by atoms with Gasteiger partial charge in [-0.1, -0.05) is 30.3 Å². The van der Waals surface area contributed by atoms with E-state index in [-0.39, 0.29) is 5.91 Å². The van der Waals surface area contributed by atoms with Crippen molar-refractivity contribution in [2.24, 2.45) is 4.99 Å². The Morgan fingerprint density at radius 3 is 2.35 bits per heavy atom. The molecule has 3 aromatic rings. The molecule has 6 heteroatoms. The lowest BCUT2D eigenvalue weighted by Gasteiger charge is -2.07. The molecule has 0 aliphatic carbocycles. The molecule has 156 valence electrons. The van der Waals surface area contributed by atoms with E-state index < -0.39 is 0 Å². The van der Waals surface area contributed by atoms with Crippen LogP contribution in [0, 0.1) is 17.4 Å². The molecule has 1 amide bonds. The number of carbonyl (C=O) groups is 1. The maximum atomic E-state index is 12.4. The molecule has 1 fully saturated rings. The number of aryl methyl sites for hydroxylation is 2. The van der Waals surface area contributed by atoms with Crippen LogP contribution in [-0.2, 0) is 11.4 Å². The maximum absolute atomic E-state index is 12.4. The number of amidine groups is 1. The molecule has 0 radical (unpaired) electrons. The zero-order chi connectivity index (χ0) is 21.8. The van der Waals surface area contributed by atoms with Gasteiger partial charge in [0.15, 0.2) is 5.17 Å². The highest BCUT2D eigenvalue weighted by atomic mass is 127. The lowest BCUT2D eigenvalue weighted by Crippen LogP contribution is -2.19. The number of rotatable bonds is 5. The molecule has 1 heterocycles. The van der Waals surface area contributed by atoms with Crippen LogP contribution in [0.5, 0.6) is 5.75 Å². The molecule has 4 nitrogen and oxygen atoms in total. The Morgan fingerprint density at radius 1 is 1.00 bits per heavy atom. The van der Waals surface area contributed by atoms with E-state index in [1.165, 1.54) is 15.3 Å². The molecule has 1 aliphatic rings. The average molecular weight is 540 g/mol. The van der Waals surface area contributed by atoms with Gasteiger partial charge < -0.3 is 10.1 Å². The topological polar surface area (TPSA) is 50.7 Å². The number of aliphatic imine (C=N–C) groups is 1. The highest BCUT2D eigenvalue weighted by molar-refractivity contribution is 14.1. The summed E-state index contributed by atoms with van der Waals surface area (Å²) in [5, 5.41) is 3.44. The summed E-state index contributed by atoms with van der Waals surface area (Å²) in [6.45, 7) is 4.60. The predicted molar refractivity (Wildman–Crippen MR) is 137 cm³/mol. The van der Waals surface area contributed by atoms with Crippen LogP contribution in [0.1, 0.15) is 22.3 Å². The summed E-state index contributed by atoms with van der Waals surface area (Å²) in [5.74, 6) is 0.661. The van der Waals surface area contributed by atoms with Gasteiger partial charge in [0.2, 0.25) is 0 Å². The third kappa shape index (κ3) is 5.98. The van der Waals surface area contributed by atoms with Crippen molar-refractivity contribution in [1.82, 2.24) is 5.32 Å². The van der Waals surface area contributed by atoms with Crippen molar-refractivity contribution < 1.29 is 9.53 Å². The molecular weight excluding hydrogens is 519 g/mol. The molecule has 1 aliphatic heterocycles. The molecule has 1 saturated heterocycles. The Labute approximate surface area is 200 Å². The molecule has 0 aromatic heterocycles. The molecule has 3 aromatic carbocycles. The van der Waals surface area contributed by atoms with E-state index in [2.05, 4.69) is 63.2 Å². The minimum Gasteiger partial charge on any atom is -0.489 e. The van der Waals surface area contributed by atoms with Crippen LogP contribution in [0.2, 0.25) is 0 Å². The summed E-state index contributed by atoms with van der Waals surface area (Å²) >= 11 is 3.64. The number of benzene rings is 3. The molecule has 0 unspecified atom stereocenters. The minimum atomic E-state index is -0.132. The molecule has 0 atom stereocenters. The SMILES string of the molecule is Cc1cc(C)cc(N=C2NC(=O)/C(=C/c3ccc(OCc4ccc(I)cc4)cc3)S2)c1. The first-order chi connectivity index (χ1) is 14.9. The van der Waals surface area contributed by atoms with Crippen molar-refractivity contribution >= 4 is 57.2 Å². The maximum Gasteiger partial charge on any atom is 0.264 e. The second-order valence-corrected chi connectivity index (χ2v) is 9.59. The number of thioether (sulfide) groups is 1. The molecule has 0 spiro atoms. The van der Waals surface area contributed by atoms with Gasteiger partial charge in [0, 0.05) is 3.57 Å². The fraction of sp³-hybridized carbons (Fsp3) is 0.120. The minimum absolute atomic E-state index is 0.132. The van der Waals surface area contributed by atoms with Crippen molar-refractivity contribution in [3.63, 3.8) is 0 Å². The van der Waals surface area contributed by atoms with E-state index in [0.29, 0.717) is 16.7 Å². The van der Waals surface area contributed by atoms with Gasteiger partial charge in [-0.25, -0.2) is 4.99 Å². The number of nitrogens with one attached hydrogen (secondary N) is 1. The third-order valence-electron chi connectivity index (χ3n) is 4.58. The van der Waals surface area contributed by atoms with Crippen LogP contribution in [0.4, 0.5) is 5.69 Å². The van der Waals surface area contributed by atoms with Crippen LogP contribution in [0.3, 0.4) is 0 Å². The van der Waals surface area contributed by atoms with Crippen molar-refractivity contribution in [2.45, 2.75) is 20.5 Å². The fourth-order valence-corrected chi connectivity index (χ4v) is 4.37. The zero-order valence-corrected chi connectivity index (χ0v) is 20.2. The number of carbonyl (C=O) groups excluding carboxylic acids is 1. The summed E-state index contributed by atoms with van der Waals surface area (Å²) in [5.41, 5.74) is 5.20. The van der Waals surface area contributed by atoms with Crippen LogP contribution >= 0.6 is 34.4 Å². The number of hydrogen-bond donors (Lipinski definition) is 1. The van der Waals surface area contributed by atoms with Crippen molar-refractivity contribution in [1.29, 1.82) is 0 Å². The van der Waals surface area contributed by atoms with Gasteiger partial charge in [-0.15, -0.1) is 0 Å². The monoisotopic (exact) mass is 540 g/mol. The highest BCUT2D eigenvalue weighted by Gasteiger charge is 2.23. The molecular formula is C25H21IN2O2S. The Morgan fingerprint density at radius 2 is 1.68 bits per heavy atom. The zero-order valence-electron chi connectivity index (χ0n) is 17.2. The van der Waals surface area contributed by atoms with Crippen LogP contribution < -0.4 is 10.1 Å². The lowest BCUT2D eigenvalue weighted by atomic mass is 10.1. The number of nitrogens with zero attached hydrogens (tertiary/aromatic N) is 1. The molecule has 0 saturated carbocycles. The summed E-state index contributed by atoms with van der Waals surface area (Å²) < 4.78 is 7.06. The van der Waals surface area contributed by atoms with E-state index in [0.717, 1.165) is 33.7 Å². The fourth-order valence-electron chi connectivity index (χ4n) is 3.17. The highest BCUT2D eigenvalue weighted by Crippen LogP contribution is 2.29. The Kier molecular flexibility index (Phi) is 6.77. The second-order valence-electron chi connectivity index (χ2n) is 7.31. The Balaban J connectivity index is 1.41. The number of hydrogen-bond acceptors (Lipinski definition) is 4. The normalized spacial score (nSPS) is 16.0. The Bertz CT molecular complexity index is 1150. The van der Waals surface area contributed by atoms with Crippen molar-refractivity contribution in [3.8, 4) is 5.75 Å². The standard InChI is InChI=1S/C25H21IN2O2S/c1-16-11-17(2)13-21(12-16)27-25-28-24(29)23(31-25)14-18-5-9-22(10-6-18)30-15-19-3-7-20(26)8-4-19/h3-14H,15H2,1-2H3,(H,27,28,29)/b23-14-. The molecule has 4 rings (SSSR count). The van der Waals surface area contributed by atoms with Crippen LogP contribution in [0.25, 0.3) is 6.08 Å². The van der Waals surface area contributed by atoms with Gasteiger partial charge in [0.1, 0.15) is 12.4 Å². The number of amides is 1.